The Morgan fingerprint density at radius 3 is 2.68 bits per heavy atom. The zero-order chi connectivity index (χ0) is 18.0. The van der Waals surface area contributed by atoms with Gasteiger partial charge < -0.3 is 9.15 Å². The number of aromatic nitrogens is 1. The zero-order valence-corrected chi connectivity index (χ0v) is 14.9. The van der Waals surface area contributed by atoms with E-state index in [-0.39, 0.29) is 5.39 Å². The Morgan fingerprint density at radius 1 is 1.12 bits per heavy atom. The highest BCUT2D eigenvalue weighted by Gasteiger charge is 2.10. The molecule has 0 unspecified atom stereocenters. The first-order chi connectivity index (χ1) is 12.0. The highest BCUT2D eigenvalue weighted by molar-refractivity contribution is 6.31. The number of aryl methyl sites for hydroxylation is 2. The Balaban J connectivity index is 1.74. The van der Waals surface area contributed by atoms with Crippen LogP contribution in [0.3, 0.4) is 0 Å². The third-order valence-electron chi connectivity index (χ3n) is 3.79. The van der Waals surface area contributed by atoms with Crippen molar-refractivity contribution in [3.05, 3.63) is 73.0 Å². The summed E-state index contributed by atoms with van der Waals surface area (Å²) in [5.41, 5.74) is 0.739. The molecule has 0 spiro atoms. The Labute approximate surface area is 153 Å². The molecule has 0 atom stereocenters. The Kier molecular flexibility index (Phi) is 5.16. The van der Waals surface area contributed by atoms with Crippen LogP contribution in [0.4, 0.5) is 0 Å². The third-order valence-corrected chi connectivity index (χ3v) is 4.45. The first-order valence-electron chi connectivity index (χ1n) is 7.68. The van der Waals surface area contributed by atoms with E-state index in [9.17, 15) is 9.59 Å². The summed E-state index contributed by atoms with van der Waals surface area (Å²) in [5, 5.41) is 1.37. The fraction of sp³-hybridized carbons (Fsp3) is 0.222. The van der Waals surface area contributed by atoms with E-state index in [0.717, 1.165) is 5.56 Å². The molecule has 0 aliphatic heterocycles. The molecule has 7 heteroatoms. The van der Waals surface area contributed by atoms with Crippen molar-refractivity contribution in [2.24, 2.45) is 0 Å². The quantitative estimate of drug-likeness (QED) is 0.627. The maximum Gasteiger partial charge on any atom is 0.422 e. The van der Waals surface area contributed by atoms with E-state index in [1.54, 1.807) is 24.3 Å². The molecule has 0 aliphatic carbocycles. The maximum atomic E-state index is 12.0. The van der Waals surface area contributed by atoms with E-state index >= 15 is 0 Å². The van der Waals surface area contributed by atoms with Crippen LogP contribution >= 0.6 is 23.2 Å². The summed E-state index contributed by atoms with van der Waals surface area (Å²) < 4.78 is 11.8. The standard InChI is InChI=1S/C18H15Cl2NO4/c1-11-9-13(4-5-15(11)20)24-8-2-7-21-16-6-3-12(19)10-14(16)17(22)25-18(21)23/h3-6,9-10H,2,7-8H2,1H3. The van der Waals surface area contributed by atoms with Crippen molar-refractivity contribution in [1.29, 1.82) is 0 Å². The number of rotatable bonds is 5. The lowest BCUT2D eigenvalue weighted by molar-refractivity contribution is 0.296. The molecule has 5 nitrogen and oxygen atoms in total. The van der Waals surface area contributed by atoms with E-state index < -0.39 is 11.4 Å². The second kappa shape index (κ2) is 7.33. The molecular weight excluding hydrogens is 365 g/mol. The van der Waals surface area contributed by atoms with Crippen LogP contribution in [0.5, 0.6) is 5.75 Å². The van der Waals surface area contributed by atoms with Crippen molar-refractivity contribution in [3.8, 4) is 5.75 Å². The van der Waals surface area contributed by atoms with Crippen LogP contribution in [0.25, 0.3) is 10.9 Å². The van der Waals surface area contributed by atoms with E-state index in [0.29, 0.717) is 40.9 Å². The van der Waals surface area contributed by atoms with Crippen molar-refractivity contribution in [2.75, 3.05) is 6.61 Å². The van der Waals surface area contributed by atoms with Crippen molar-refractivity contribution >= 4 is 34.1 Å². The molecule has 1 aromatic heterocycles. The molecule has 0 bridgehead atoms. The molecule has 0 saturated carbocycles. The number of fused-ring (bicyclic) bond motifs is 1. The van der Waals surface area contributed by atoms with Gasteiger partial charge in [-0.3, -0.25) is 4.57 Å². The highest BCUT2D eigenvalue weighted by Crippen LogP contribution is 2.21. The number of hydrogen-bond donors (Lipinski definition) is 0. The summed E-state index contributed by atoms with van der Waals surface area (Å²) in [4.78, 5) is 23.8. The predicted octanol–water partition coefficient (Wildman–Crippen LogP) is 4.04. The fourth-order valence-corrected chi connectivity index (χ4v) is 2.82. The second-order valence-electron chi connectivity index (χ2n) is 5.58. The van der Waals surface area contributed by atoms with Gasteiger partial charge in [-0.2, -0.15) is 0 Å². The van der Waals surface area contributed by atoms with Crippen LogP contribution < -0.4 is 16.1 Å². The van der Waals surface area contributed by atoms with Crippen LogP contribution in [0.2, 0.25) is 10.0 Å². The molecule has 2 aromatic carbocycles. The summed E-state index contributed by atoms with van der Waals surface area (Å²) in [7, 11) is 0. The predicted molar refractivity (Wildman–Crippen MR) is 98.1 cm³/mol. The molecular formula is C18H15Cl2NO4. The molecule has 0 radical (unpaired) electrons. The summed E-state index contributed by atoms with van der Waals surface area (Å²) in [5.74, 6) is 0.0210. The van der Waals surface area contributed by atoms with Gasteiger partial charge in [-0.1, -0.05) is 23.2 Å². The van der Waals surface area contributed by atoms with Crippen LogP contribution in [-0.4, -0.2) is 11.2 Å². The summed E-state index contributed by atoms with van der Waals surface area (Å²) in [6.07, 6.45) is 0.563. The normalized spacial score (nSPS) is 11.0. The molecule has 3 rings (SSSR count). The monoisotopic (exact) mass is 379 g/mol. The van der Waals surface area contributed by atoms with Gasteiger partial charge in [0.1, 0.15) is 5.75 Å². The molecule has 0 N–H and O–H groups in total. The van der Waals surface area contributed by atoms with Crippen LogP contribution in [0.15, 0.2) is 50.4 Å². The SMILES string of the molecule is Cc1cc(OCCCn2c(=O)oc(=O)c3cc(Cl)ccc32)ccc1Cl. The van der Waals surface area contributed by atoms with E-state index in [2.05, 4.69) is 0 Å². The Hall–Kier alpha value is -2.24. The molecule has 25 heavy (non-hydrogen) atoms. The first-order valence-corrected chi connectivity index (χ1v) is 8.43. The zero-order valence-electron chi connectivity index (χ0n) is 13.4. The number of ether oxygens (including phenoxy) is 1. The molecule has 0 saturated heterocycles. The smallest absolute Gasteiger partial charge is 0.422 e. The Bertz CT molecular complexity index is 1040. The maximum absolute atomic E-state index is 12.0. The minimum atomic E-state index is -0.692. The van der Waals surface area contributed by atoms with Gasteiger partial charge in [0.05, 0.1) is 17.5 Å². The van der Waals surface area contributed by atoms with Gasteiger partial charge in [0.25, 0.3) is 0 Å². The van der Waals surface area contributed by atoms with Crippen molar-refractivity contribution < 1.29 is 9.15 Å². The average Bonchev–Trinajstić information content (AvgIpc) is 2.57. The third kappa shape index (κ3) is 3.89. The fourth-order valence-electron chi connectivity index (χ4n) is 2.53. The minimum absolute atomic E-state index is 0.279. The van der Waals surface area contributed by atoms with Crippen molar-refractivity contribution in [2.45, 2.75) is 19.9 Å². The van der Waals surface area contributed by atoms with Crippen molar-refractivity contribution in [3.63, 3.8) is 0 Å². The number of hydrogen-bond acceptors (Lipinski definition) is 4. The lowest BCUT2D eigenvalue weighted by Crippen LogP contribution is -2.25. The molecule has 0 aliphatic rings. The topological polar surface area (TPSA) is 61.4 Å². The largest absolute Gasteiger partial charge is 0.494 e. The molecule has 0 fully saturated rings. The first kappa shape index (κ1) is 17.6. The molecule has 130 valence electrons. The van der Waals surface area contributed by atoms with E-state index in [1.165, 1.54) is 10.6 Å². The molecule has 3 aromatic rings. The van der Waals surface area contributed by atoms with Crippen LogP contribution in [0.1, 0.15) is 12.0 Å². The minimum Gasteiger partial charge on any atom is -0.494 e. The van der Waals surface area contributed by atoms with Gasteiger partial charge in [-0.25, -0.2) is 9.59 Å². The average molecular weight is 380 g/mol. The van der Waals surface area contributed by atoms with Gasteiger partial charge in [-0.15, -0.1) is 0 Å². The summed E-state index contributed by atoms with van der Waals surface area (Å²) >= 11 is 11.9. The highest BCUT2D eigenvalue weighted by atomic mass is 35.5. The Morgan fingerprint density at radius 2 is 1.92 bits per heavy atom. The second-order valence-corrected chi connectivity index (χ2v) is 6.43. The number of benzene rings is 2. The van der Waals surface area contributed by atoms with Crippen LogP contribution in [-0.2, 0) is 6.54 Å². The van der Waals surface area contributed by atoms with Gasteiger partial charge in [0, 0.05) is 16.6 Å². The van der Waals surface area contributed by atoms with Gasteiger partial charge in [0.2, 0.25) is 0 Å². The van der Waals surface area contributed by atoms with Gasteiger partial charge >= 0.3 is 11.4 Å². The molecule has 0 amide bonds. The summed E-state index contributed by atoms with van der Waals surface area (Å²) in [6.45, 7) is 2.66. The van der Waals surface area contributed by atoms with Crippen molar-refractivity contribution in [1.82, 2.24) is 4.57 Å². The number of nitrogens with zero attached hydrogens (tertiary/aromatic N) is 1. The number of halogens is 2. The van der Waals surface area contributed by atoms with Gasteiger partial charge in [-0.05, 0) is 55.3 Å². The van der Waals surface area contributed by atoms with Crippen LogP contribution in [0, 0.1) is 6.92 Å². The lowest BCUT2D eigenvalue weighted by Gasteiger charge is -2.10. The lowest BCUT2D eigenvalue weighted by atomic mass is 10.2. The molecule has 1 heterocycles. The van der Waals surface area contributed by atoms with E-state index in [1.807, 2.05) is 13.0 Å². The van der Waals surface area contributed by atoms with E-state index in [4.69, 9.17) is 32.4 Å². The summed E-state index contributed by atoms with van der Waals surface area (Å²) in [6, 6.07) is 10.2. The van der Waals surface area contributed by atoms with Gasteiger partial charge in [0.15, 0.2) is 0 Å².